The first-order chi connectivity index (χ1) is 25.3. The first-order valence-corrected chi connectivity index (χ1v) is 16.9. The number of nitrogens with zero attached hydrogens (tertiary/aromatic N) is 1. The minimum Gasteiger partial charge on any atom is -0.497 e. The molecule has 0 saturated carbocycles. The molecule has 0 amide bonds. The van der Waals surface area contributed by atoms with Crippen LogP contribution in [-0.2, 0) is 19.8 Å². The van der Waals surface area contributed by atoms with E-state index in [1.807, 2.05) is 84.9 Å². The summed E-state index contributed by atoms with van der Waals surface area (Å²) in [4.78, 5) is 40.5. The Morgan fingerprint density at radius 2 is 1.42 bits per heavy atom. The number of allylic oxidation sites excluding steroid dienone is 1. The number of H-pyrrole nitrogens is 1. The molecule has 7 rings (SSSR count). The number of carbonyl (C=O) groups is 1. The number of aromatic nitrogens is 2. The molecule has 0 spiro atoms. The smallest absolute Gasteiger partial charge is 0.338 e. The lowest BCUT2D eigenvalue weighted by molar-refractivity contribution is -0.144. The van der Waals surface area contributed by atoms with E-state index in [0.717, 1.165) is 16.7 Å². The Hall–Kier alpha value is -5.75. The number of nitrogens with one attached hydrogen (secondary N) is 1. The van der Waals surface area contributed by atoms with Gasteiger partial charge in [0.2, 0.25) is 0 Å². The topological polar surface area (TPSA) is 138 Å². The van der Waals surface area contributed by atoms with Gasteiger partial charge in [-0.05, 0) is 65.1 Å². The Morgan fingerprint density at radius 3 is 2.00 bits per heavy atom. The molecular formula is C41H38N2O9. The standard InChI is InChI=1S/C41H38N2O9/c1-48-32-18-13-29(14-19-32)41(28-11-7-4-8-12-28,30-15-20-33(49-2)21-16-30)51-26-40-31(25-50-38(46)27-9-5-3-6-10-27)17-22-34(36(40)45)37(52-40)43-24-23-35(44)42-39(43)47/h3-21,23-24,34,36-37,45H,22,25-26H2,1-2H3,(H,42,44,47)/t34-,36+,37-,40+/m1/s1. The zero-order chi connectivity index (χ0) is 36.3. The zero-order valence-corrected chi connectivity index (χ0v) is 28.6. The minimum atomic E-state index is -1.58. The summed E-state index contributed by atoms with van der Waals surface area (Å²) in [6.07, 6.45) is 1.35. The van der Waals surface area contributed by atoms with Crippen LogP contribution >= 0.6 is 0 Å². The molecule has 11 nitrogen and oxygen atoms in total. The molecule has 52 heavy (non-hydrogen) atoms. The van der Waals surface area contributed by atoms with Gasteiger partial charge in [0.1, 0.15) is 35.5 Å². The van der Waals surface area contributed by atoms with E-state index in [1.165, 1.54) is 16.8 Å². The van der Waals surface area contributed by atoms with Crippen LogP contribution < -0.4 is 20.7 Å². The number of rotatable bonds is 12. The molecule has 2 aliphatic rings. The number of hydrogen-bond acceptors (Lipinski definition) is 9. The van der Waals surface area contributed by atoms with E-state index < -0.39 is 46.7 Å². The van der Waals surface area contributed by atoms with Crippen molar-refractivity contribution >= 4 is 5.97 Å². The van der Waals surface area contributed by atoms with Crippen molar-refractivity contribution in [3.05, 3.63) is 176 Å². The largest absolute Gasteiger partial charge is 0.497 e. The van der Waals surface area contributed by atoms with Gasteiger partial charge in [-0.2, -0.15) is 0 Å². The molecule has 0 unspecified atom stereocenters. The molecule has 1 fully saturated rings. The highest BCUT2D eigenvalue weighted by atomic mass is 16.6. The van der Waals surface area contributed by atoms with E-state index in [2.05, 4.69) is 4.98 Å². The minimum absolute atomic E-state index is 0.211. The van der Waals surface area contributed by atoms with Crippen LogP contribution in [0.5, 0.6) is 11.5 Å². The number of aromatic amines is 1. The van der Waals surface area contributed by atoms with Gasteiger partial charge < -0.3 is 28.8 Å². The van der Waals surface area contributed by atoms with Crippen LogP contribution in [0.2, 0.25) is 0 Å². The zero-order valence-electron chi connectivity index (χ0n) is 28.6. The fourth-order valence-corrected chi connectivity index (χ4v) is 7.21. The molecule has 2 heterocycles. The molecule has 11 heteroatoms. The summed E-state index contributed by atoms with van der Waals surface area (Å²) < 4.78 is 32.1. The van der Waals surface area contributed by atoms with Crippen LogP contribution in [0.3, 0.4) is 0 Å². The third-order valence-corrected chi connectivity index (χ3v) is 9.93. The SMILES string of the molecule is COc1ccc(C(OC[C@]23O[C@@H](n4ccc(=O)[nH]c4=O)[C@H](CC=C2COC(=O)c2ccccc2)[C@@H]3O)(c2ccccc2)c2ccc(OC)cc2)cc1. The van der Waals surface area contributed by atoms with Crippen LogP contribution in [0.15, 0.2) is 143 Å². The fourth-order valence-electron chi connectivity index (χ4n) is 7.21. The van der Waals surface area contributed by atoms with Crippen molar-refractivity contribution in [1.82, 2.24) is 9.55 Å². The number of benzene rings is 4. The van der Waals surface area contributed by atoms with Crippen LogP contribution in [-0.4, -0.2) is 59.8 Å². The van der Waals surface area contributed by atoms with E-state index in [-0.39, 0.29) is 13.2 Å². The Kier molecular flexibility index (Phi) is 9.65. The van der Waals surface area contributed by atoms with E-state index in [9.17, 15) is 19.5 Å². The van der Waals surface area contributed by atoms with Crippen molar-refractivity contribution in [2.75, 3.05) is 27.4 Å². The number of esters is 1. The van der Waals surface area contributed by atoms with Crippen LogP contribution in [0.25, 0.3) is 0 Å². The number of ether oxygens (including phenoxy) is 5. The number of aliphatic hydroxyl groups is 1. The van der Waals surface area contributed by atoms with Crippen molar-refractivity contribution < 1.29 is 33.6 Å². The van der Waals surface area contributed by atoms with Gasteiger partial charge in [0.25, 0.3) is 5.56 Å². The quantitative estimate of drug-likeness (QED) is 0.105. The molecule has 0 radical (unpaired) electrons. The summed E-state index contributed by atoms with van der Waals surface area (Å²) in [6.45, 7) is -0.446. The van der Waals surface area contributed by atoms with Crippen molar-refractivity contribution in [1.29, 1.82) is 0 Å². The van der Waals surface area contributed by atoms with Gasteiger partial charge in [-0.25, -0.2) is 9.59 Å². The lowest BCUT2D eigenvalue weighted by Crippen LogP contribution is -2.52. The van der Waals surface area contributed by atoms with Gasteiger partial charge in [-0.3, -0.25) is 14.3 Å². The second kappa shape index (κ2) is 14.5. The number of hydrogen-bond donors (Lipinski definition) is 2. The van der Waals surface area contributed by atoms with E-state index in [4.69, 9.17) is 23.7 Å². The number of methoxy groups -OCH3 is 2. The molecule has 4 aromatic carbocycles. The fraction of sp³-hybridized carbons (Fsp3) is 0.244. The van der Waals surface area contributed by atoms with Gasteiger partial charge in [0.05, 0.1) is 32.5 Å². The molecule has 1 aliphatic carbocycles. The molecule has 2 bridgehead atoms. The van der Waals surface area contributed by atoms with Gasteiger partial charge in [0, 0.05) is 18.2 Å². The monoisotopic (exact) mass is 702 g/mol. The summed E-state index contributed by atoms with van der Waals surface area (Å²) in [7, 11) is 3.19. The van der Waals surface area contributed by atoms with E-state index in [1.54, 1.807) is 44.6 Å². The second-order valence-electron chi connectivity index (χ2n) is 12.7. The van der Waals surface area contributed by atoms with Gasteiger partial charge >= 0.3 is 11.7 Å². The number of carbonyl (C=O) groups excluding carboxylic acids is 1. The van der Waals surface area contributed by atoms with Crippen LogP contribution in [0.1, 0.15) is 39.7 Å². The number of fused-ring (bicyclic) bond motifs is 2. The Balaban J connectivity index is 1.35. The molecule has 1 aromatic heterocycles. The summed E-state index contributed by atoms with van der Waals surface area (Å²) in [5.74, 6) is 0.163. The highest BCUT2D eigenvalue weighted by molar-refractivity contribution is 5.89. The molecule has 4 atom stereocenters. The van der Waals surface area contributed by atoms with Crippen molar-refractivity contribution in [2.45, 2.75) is 30.0 Å². The molecule has 2 N–H and O–H groups in total. The number of aliphatic hydroxyl groups excluding tert-OH is 1. The van der Waals surface area contributed by atoms with Crippen LogP contribution in [0.4, 0.5) is 0 Å². The predicted octanol–water partition coefficient (Wildman–Crippen LogP) is 4.99. The third kappa shape index (κ3) is 6.23. The van der Waals surface area contributed by atoms with Crippen molar-refractivity contribution in [3.63, 3.8) is 0 Å². The maximum atomic E-state index is 13.1. The maximum absolute atomic E-state index is 13.1. The van der Waals surface area contributed by atoms with Gasteiger partial charge in [-0.1, -0.05) is 78.9 Å². The molecule has 1 aliphatic heterocycles. The van der Waals surface area contributed by atoms with Gasteiger partial charge in [0.15, 0.2) is 0 Å². The first-order valence-electron chi connectivity index (χ1n) is 16.9. The van der Waals surface area contributed by atoms with Crippen molar-refractivity contribution in [2.24, 2.45) is 5.92 Å². The maximum Gasteiger partial charge on any atom is 0.338 e. The first kappa shape index (κ1) is 34.7. The summed E-state index contributed by atoms with van der Waals surface area (Å²) in [5.41, 5.74) is -0.939. The lowest BCUT2D eigenvalue weighted by atomic mass is 9.76. The summed E-state index contributed by atoms with van der Waals surface area (Å²) >= 11 is 0. The molecule has 266 valence electrons. The predicted molar refractivity (Wildman–Crippen MR) is 191 cm³/mol. The molecule has 1 saturated heterocycles. The Bertz CT molecular complexity index is 2120. The average molecular weight is 703 g/mol. The average Bonchev–Trinajstić information content (AvgIpc) is 3.35. The lowest BCUT2D eigenvalue weighted by Gasteiger charge is -2.42. The third-order valence-electron chi connectivity index (χ3n) is 9.93. The highest BCUT2D eigenvalue weighted by Gasteiger charge is 2.60. The second-order valence-corrected chi connectivity index (χ2v) is 12.7. The van der Waals surface area contributed by atoms with Crippen molar-refractivity contribution in [3.8, 4) is 11.5 Å². The summed E-state index contributed by atoms with van der Waals surface area (Å²) in [6, 6.07) is 34.6. The molecule has 5 aromatic rings. The highest BCUT2D eigenvalue weighted by Crippen LogP contribution is 2.52. The summed E-state index contributed by atoms with van der Waals surface area (Å²) in [5, 5.41) is 12.2. The van der Waals surface area contributed by atoms with Gasteiger partial charge in [-0.15, -0.1) is 0 Å². The molecular weight excluding hydrogens is 664 g/mol. The Morgan fingerprint density at radius 1 is 0.846 bits per heavy atom. The Labute approximate surface area is 299 Å². The van der Waals surface area contributed by atoms with Crippen LogP contribution in [0, 0.1) is 5.92 Å². The normalized spacial score (nSPS) is 20.9. The van der Waals surface area contributed by atoms with E-state index >= 15 is 0 Å². The van der Waals surface area contributed by atoms with E-state index in [0.29, 0.717) is 29.1 Å².